The second kappa shape index (κ2) is 6.13. The molecule has 118 valence electrons. The third-order valence-corrected chi connectivity index (χ3v) is 5.04. The number of esters is 1. The largest absolute Gasteiger partial charge is 0.511 e. The summed E-state index contributed by atoms with van der Waals surface area (Å²) in [6.45, 7) is 2.06. The second-order valence-electron chi connectivity index (χ2n) is 6.19. The fourth-order valence-corrected chi connectivity index (χ4v) is 4.08. The fraction of sp³-hybridized carbons (Fsp3) is 0.500. The molecule has 2 aliphatic rings. The first-order valence-electron chi connectivity index (χ1n) is 8.05. The van der Waals surface area contributed by atoms with Crippen molar-refractivity contribution in [2.45, 2.75) is 38.1 Å². The lowest BCUT2D eigenvalue weighted by molar-refractivity contribution is -0.139. The first-order chi connectivity index (χ1) is 10.6. The van der Waals surface area contributed by atoms with E-state index in [4.69, 9.17) is 10.5 Å². The molecule has 1 fully saturated rings. The maximum Gasteiger partial charge on any atom is 0.338 e. The van der Waals surface area contributed by atoms with Gasteiger partial charge >= 0.3 is 5.97 Å². The predicted octanol–water partition coefficient (Wildman–Crippen LogP) is 2.90. The van der Waals surface area contributed by atoms with Crippen molar-refractivity contribution in [3.8, 4) is 0 Å². The van der Waals surface area contributed by atoms with E-state index in [1.807, 2.05) is 30.3 Å². The summed E-state index contributed by atoms with van der Waals surface area (Å²) in [6, 6.07) is 9.57. The summed E-state index contributed by atoms with van der Waals surface area (Å²) in [5, 5.41) is 10.7. The Kier molecular flexibility index (Phi) is 4.21. The van der Waals surface area contributed by atoms with Gasteiger partial charge in [0.25, 0.3) is 0 Å². The van der Waals surface area contributed by atoms with Crippen molar-refractivity contribution in [2.75, 3.05) is 6.61 Å². The number of carbonyl (C=O) groups excluding carboxylic acids is 1. The lowest BCUT2D eigenvalue weighted by Gasteiger charge is -2.38. The number of hydrogen-bond acceptors (Lipinski definition) is 4. The van der Waals surface area contributed by atoms with Gasteiger partial charge in [0.2, 0.25) is 0 Å². The number of benzene rings is 1. The minimum atomic E-state index is -0.436. The van der Waals surface area contributed by atoms with Crippen LogP contribution in [0.1, 0.15) is 37.7 Å². The van der Waals surface area contributed by atoms with Gasteiger partial charge in [0.1, 0.15) is 5.76 Å². The number of rotatable bonds is 3. The Morgan fingerprint density at radius 1 is 1.32 bits per heavy atom. The Morgan fingerprint density at radius 3 is 2.73 bits per heavy atom. The summed E-state index contributed by atoms with van der Waals surface area (Å²) in [7, 11) is 0. The molecule has 0 unspecified atom stereocenters. The number of carbonyl (C=O) groups is 1. The van der Waals surface area contributed by atoms with Crippen LogP contribution in [0.3, 0.4) is 0 Å². The zero-order valence-corrected chi connectivity index (χ0v) is 12.9. The standard InChI is InChI=1S/C18H23NO3/c1-2-22-18(21)15-14(11-7-4-3-5-8-11)16(19)12-9-6-10-13(12)17(15)20/h3-5,7-8,12-14,16,20H,2,6,9-10,19H2,1H3/t12-,13+,14-,16+/m1/s1. The van der Waals surface area contributed by atoms with E-state index in [0.29, 0.717) is 12.2 Å². The number of hydrogen-bond donors (Lipinski definition) is 2. The molecule has 1 saturated carbocycles. The monoisotopic (exact) mass is 301 g/mol. The van der Waals surface area contributed by atoms with Gasteiger partial charge < -0.3 is 15.6 Å². The van der Waals surface area contributed by atoms with Crippen LogP contribution in [0.4, 0.5) is 0 Å². The Bertz CT molecular complexity index is 581. The van der Waals surface area contributed by atoms with E-state index >= 15 is 0 Å². The molecule has 0 saturated heterocycles. The van der Waals surface area contributed by atoms with Gasteiger partial charge in [-0.05, 0) is 31.2 Å². The zero-order chi connectivity index (χ0) is 15.7. The highest BCUT2D eigenvalue weighted by Gasteiger charge is 2.47. The van der Waals surface area contributed by atoms with Crippen molar-refractivity contribution in [3.05, 3.63) is 47.2 Å². The number of fused-ring (bicyclic) bond motifs is 1. The average Bonchev–Trinajstić information content (AvgIpc) is 3.02. The van der Waals surface area contributed by atoms with Crippen molar-refractivity contribution >= 4 is 5.97 Å². The van der Waals surface area contributed by atoms with E-state index in [-0.39, 0.29) is 29.6 Å². The molecule has 1 aromatic carbocycles. The van der Waals surface area contributed by atoms with Gasteiger partial charge in [0.05, 0.1) is 12.2 Å². The molecule has 0 heterocycles. The normalized spacial score (nSPS) is 31.0. The van der Waals surface area contributed by atoms with E-state index in [1.165, 1.54) is 0 Å². The van der Waals surface area contributed by atoms with Gasteiger partial charge in [0.15, 0.2) is 0 Å². The van der Waals surface area contributed by atoms with Crippen LogP contribution in [0.15, 0.2) is 41.7 Å². The molecule has 4 atom stereocenters. The summed E-state index contributed by atoms with van der Waals surface area (Å²) in [4.78, 5) is 12.4. The molecule has 2 aliphatic carbocycles. The minimum Gasteiger partial charge on any atom is -0.511 e. The molecule has 0 radical (unpaired) electrons. The van der Waals surface area contributed by atoms with E-state index in [0.717, 1.165) is 24.8 Å². The third-order valence-electron chi connectivity index (χ3n) is 5.04. The third kappa shape index (κ3) is 2.41. The molecular weight excluding hydrogens is 278 g/mol. The van der Waals surface area contributed by atoms with Gasteiger partial charge in [-0.25, -0.2) is 4.79 Å². The molecule has 0 bridgehead atoms. The van der Waals surface area contributed by atoms with E-state index in [2.05, 4.69) is 0 Å². The van der Waals surface area contributed by atoms with Crippen LogP contribution in [0.5, 0.6) is 0 Å². The maximum atomic E-state index is 12.4. The first kappa shape index (κ1) is 15.1. The molecular formula is C18H23NO3. The molecule has 1 aromatic rings. The lowest BCUT2D eigenvalue weighted by atomic mass is 9.69. The molecule has 3 N–H and O–H groups in total. The molecule has 0 aliphatic heterocycles. The first-order valence-corrected chi connectivity index (χ1v) is 8.05. The van der Waals surface area contributed by atoms with Crippen molar-refractivity contribution < 1.29 is 14.6 Å². The zero-order valence-electron chi connectivity index (χ0n) is 12.9. The minimum absolute atomic E-state index is 0.00867. The molecule has 4 nitrogen and oxygen atoms in total. The highest BCUT2D eigenvalue weighted by molar-refractivity contribution is 5.91. The smallest absolute Gasteiger partial charge is 0.338 e. The van der Waals surface area contributed by atoms with Crippen LogP contribution in [0.2, 0.25) is 0 Å². The quantitative estimate of drug-likeness (QED) is 0.842. The summed E-state index contributed by atoms with van der Waals surface area (Å²) >= 11 is 0. The van der Waals surface area contributed by atoms with E-state index in [9.17, 15) is 9.90 Å². The van der Waals surface area contributed by atoms with Gasteiger partial charge in [-0.15, -0.1) is 0 Å². The molecule has 0 aromatic heterocycles. The predicted molar refractivity (Wildman–Crippen MR) is 84.3 cm³/mol. The van der Waals surface area contributed by atoms with Gasteiger partial charge in [-0.3, -0.25) is 0 Å². The Labute approximate surface area is 131 Å². The SMILES string of the molecule is CCOC(=O)C1=C(O)[C@H]2CCC[C@H]2[C@H](N)[C@@H]1c1ccccc1. The molecule has 0 spiro atoms. The van der Waals surface area contributed by atoms with Crippen LogP contribution in [-0.4, -0.2) is 23.7 Å². The number of aliphatic hydroxyl groups is 1. The number of allylic oxidation sites excluding steroid dienone is 1. The highest BCUT2D eigenvalue weighted by Crippen LogP contribution is 2.49. The number of nitrogens with two attached hydrogens (primary N) is 1. The summed E-state index contributed by atoms with van der Waals surface area (Å²) in [6.07, 6.45) is 2.95. The van der Waals surface area contributed by atoms with Crippen molar-refractivity contribution in [1.29, 1.82) is 0 Å². The molecule has 0 amide bonds. The fourth-order valence-electron chi connectivity index (χ4n) is 4.08. The van der Waals surface area contributed by atoms with E-state index < -0.39 is 5.97 Å². The maximum absolute atomic E-state index is 12.4. The van der Waals surface area contributed by atoms with Gasteiger partial charge in [-0.2, -0.15) is 0 Å². The van der Waals surface area contributed by atoms with Crippen molar-refractivity contribution in [1.82, 2.24) is 0 Å². The Balaban J connectivity index is 2.09. The van der Waals surface area contributed by atoms with Crippen LogP contribution in [0, 0.1) is 11.8 Å². The molecule has 3 rings (SSSR count). The summed E-state index contributed by atoms with van der Waals surface area (Å²) < 4.78 is 5.19. The molecule has 22 heavy (non-hydrogen) atoms. The lowest BCUT2D eigenvalue weighted by Crippen LogP contribution is -2.45. The number of aliphatic hydroxyl groups excluding tert-OH is 1. The van der Waals surface area contributed by atoms with Crippen molar-refractivity contribution in [3.63, 3.8) is 0 Å². The van der Waals surface area contributed by atoms with Crippen LogP contribution in [0.25, 0.3) is 0 Å². The average molecular weight is 301 g/mol. The van der Waals surface area contributed by atoms with E-state index in [1.54, 1.807) is 6.92 Å². The van der Waals surface area contributed by atoms with Crippen LogP contribution < -0.4 is 5.73 Å². The summed E-state index contributed by atoms with van der Waals surface area (Å²) in [5.41, 5.74) is 7.86. The molecule has 4 heteroatoms. The van der Waals surface area contributed by atoms with Crippen LogP contribution in [-0.2, 0) is 9.53 Å². The topological polar surface area (TPSA) is 72.5 Å². The Hall–Kier alpha value is -1.81. The highest BCUT2D eigenvalue weighted by atomic mass is 16.5. The van der Waals surface area contributed by atoms with Gasteiger partial charge in [0, 0.05) is 17.9 Å². The summed E-state index contributed by atoms with van der Waals surface area (Å²) in [5.74, 6) is -0.275. The van der Waals surface area contributed by atoms with Crippen molar-refractivity contribution in [2.24, 2.45) is 17.6 Å². The van der Waals surface area contributed by atoms with Gasteiger partial charge in [-0.1, -0.05) is 36.8 Å². The van der Waals surface area contributed by atoms with Crippen LogP contribution >= 0.6 is 0 Å². The number of ether oxygens (including phenoxy) is 1. The Morgan fingerprint density at radius 2 is 2.05 bits per heavy atom. The second-order valence-corrected chi connectivity index (χ2v) is 6.19.